The molecule has 1 aliphatic heterocycles. The van der Waals surface area contributed by atoms with Gasteiger partial charge in [-0.25, -0.2) is 0 Å². The Kier molecular flexibility index (Phi) is 5.09. The van der Waals surface area contributed by atoms with Crippen LogP contribution in [0.25, 0.3) is 10.9 Å². The minimum atomic E-state index is -0.648. The highest BCUT2D eigenvalue weighted by molar-refractivity contribution is 6.02. The second-order valence-corrected chi connectivity index (χ2v) is 8.22. The topological polar surface area (TPSA) is 62.1 Å². The zero-order chi connectivity index (χ0) is 19.8. The van der Waals surface area contributed by atoms with Gasteiger partial charge in [0.1, 0.15) is 0 Å². The molecule has 1 unspecified atom stereocenters. The molecule has 1 aliphatic rings. The van der Waals surface area contributed by atoms with E-state index in [1.807, 2.05) is 38.1 Å². The third-order valence-electron chi connectivity index (χ3n) is 6.41. The molecule has 2 heterocycles. The molecule has 0 radical (unpaired) electrons. The summed E-state index contributed by atoms with van der Waals surface area (Å²) in [4.78, 5) is 18.9. The number of aromatic nitrogens is 1. The number of carbonyl (C=O) groups excluding carboxylic acids is 1. The molecule has 0 saturated carbocycles. The lowest BCUT2D eigenvalue weighted by molar-refractivity contribution is 0.0960. The van der Waals surface area contributed by atoms with Gasteiger partial charge >= 0.3 is 0 Å². The largest absolute Gasteiger partial charge is 0.361 e. The Bertz CT molecular complexity index is 1010. The van der Waals surface area contributed by atoms with Crippen LogP contribution in [0.3, 0.4) is 0 Å². The van der Waals surface area contributed by atoms with Crippen LogP contribution in [0.15, 0.2) is 42.6 Å². The molecule has 28 heavy (non-hydrogen) atoms. The number of Topliss-reactive ketones (excluding diaryl/α,β-unsaturated/α-hetero) is 1. The monoisotopic (exact) mass is 375 g/mol. The number of ketones is 1. The minimum absolute atomic E-state index is 0.0167. The summed E-state index contributed by atoms with van der Waals surface area (Å²) in [5, 5.41) is 1.20. The first kappa shape index (κ1) is 18.9. The highest BCUT2D eigenvalue weighted by Crippen LogP contribution is 2.34. The van der Waals surface area contributed by atoms with Crippen LogP contribution >= 0.6 is 0 Å². The van der Waals surface area contributed by atoms with E-state index in [4.69, 9.17) is 5.73 Å². The molecule has 4 rings (SSSR count). The van der Waals surface area contributed by atoms with E-state index in [0.717, 1.165) is 40.9 Å². The smallest absolute Gasteiger partial charge is 0.184 e. The van der Waals surface area contributed by atoms with Gasteiger partial charge in [0.2, 0.25) is 0 Å². The molecule has 3 N–H and O–H groups in total. The first-order chi connectivity index (χ1) is 13.5. The second kappa shape index (κ2) is 7.53. The maximum Gasteiger partial charge on any atom is 0.184 e. The fourth-order valence-electron chi connectivity index (χ4n) is 4.35. The molecule has 0 aliphatic carbocycles. The second-order valence-electron chi connectivity index (χ2n) is 8.22. The number of rotatable bonds is 4. The lowest BCUT2D eigenvalue weighted by atomic mass is 9.88. The van der Waals surface area contributed by atoms with Crippen LogP contribution in [0, 0.1) is 13.8 Å². The van der Waals surface area contributed by atoms with Crippen LogP contribution in [0.2, 0.25) is 0 Å². The van der Waals surface area contributed by atoms with Crippen molar-refractivity contribution in [1.82, 2.24) is 9.88 Å². The Balaban J connectivity index is 1.66. The average molecular weight is 376 g/mol. The number of nitrogens with one attached hydrogen (secondary N) is 1. The number of likely N-dealkylation sites (tertiary alicyclic amines) is 1. The predicted molar refractivity (Wildman–Crippen MR) is 115 cm³/mol. The van der Waals surface area contributed by atoms with Gasteiger partial charge in [-0.2, -0.15) is 0 Å². The molecule has 0 spiro atoms. The number of benzene rings is 2. The van der Waals surface area contributed by atoms with E-state index < -0.39 is 6.04 Å². The van der Waals surface area contributed by atoms with E-state index in [-0.39, 0.29) is 5.78 Å². The molecule has 0 bridgehead atoms. The van der Waals surface area contributed by atoms with Crippen LogP contribution < -0.4 is 5.73 Å². The molecular weight excluding hydrogens is 346 g/mol. The summed E-state index contributed by atoms with van der Waals surface area (Å²) in [5.41, 5.74) is 12.6. The van der Waals surface area contributed by atoms with Gasteiger partial charge in [-0.05, 0) is 87.1 Å². The van der Waals surface area contributed by atoms with Gasteiger partial charge in [-0.1, -0.05) is 24.3 Å². The van der Waals surface area contributed by atoms with Crippen molar-refractivity contribution in [1.29, 1.82) is 0 Å². The highest BCUT2D eigenvalue weighted by Gasteiger charge is 2.23. The summed E-state index contributed by atoms with van der Waals surface area (Å²) >= 11 is 0. The predicted octanol–water partition coefficient (Wildman–Crippen LogP) is 4.48. The number of aryl methyl sites for hydroxylation is 1. The van der Waals surface area contributed by atoms with E-state index in [9.17, 15) is 4.79 Å². The highest BCUT2D eigenvalue weighted by atomic mass is 16.1. The third kappa shape index (κ3) is 3.38. The number of aromatic amines is 1. The van der Waals surface area contributed by atoms with Crippen molar-refractivity contribution in [2.24, 2.45) is 5.73 Å². The van der Waals surface area contributed by atoms with Crippen molar-refractivity contribution in [3.05, 3.63) is 70.4 Å². The van der Waals surface area contributed by atoms with E-state index in [1.165, 1.54) is 23.8 Å². The van der Waals surface area contributed by atoms with Gasteiger partial charge in [-0.15, -0.1) is 0 Å². The van der Waals surface area contributed by atoms with Crippen LogP contribution in [0.1, 0.15) is 57.4 Å². The van der Waals surface area contributed by atoms with Crippen LogP contribution in [-0.4, -0.2) is 35.8 Å². The Morgan fingerprint density at radius 3 is 2.68 bits per heavy atom. The molecular formula is C24H29N3O. The summed E-state index contributed by atoms with van der Waals surface area (Å²) in [5.74, 6) is 0.545. The number of nitrogens with two attached hydrogens (primary N) is 1. The summed E-state index contributed by atoms with van der Waals surface area (Å²) in [6, 6.07) is 11.3. The van der Waals surface area contributed by atoms with Crippen molar-refractivity contribution in [3.8, 4) is 0 Å². The zero-order valence-electron chi connectivity index (χ0n) is 17.0. The fraction of sp³-hybridized carbons (Fsp3) is 0.375. The van der Waals surface area contributed by atoms with Gasteiger partial charge in [0.05, 0.1) is 6.04 Å². The Morgan fingerprint density at radius 2 is 1.93 bits per heavy atom. The number of carbonyl (C=O) groups is 1. The molecule has 1 saturated heterocycles. The fourth-order valence-corrected chi connectivity index (χ4v) is 4.35. The first-order valence-electron chi connectivity index (χ1n) is 10.1. The maximum atomic E-state index is 13.1. The molecule has 1 atom stereocenters. The summed E-state index contributed by atoms with van der Waals surface area (Å²) < 4.78 is 0. The van der Waals surface area contributed by atoms with E-state index in [0.29, 0.717) is 5.92 Å². The van der Waals surface area contributed by atoms with E-state index in [2.05, 4.69) is 35.3 Å². The van der Waals surface area contributed by atoms with E-state index in [1.54, 1.807) is 0 Å². The summed E-state index contributed by atoms with van der Waals surface area (Å²) in [6.45, 7) is 6.27. The number of nitrogens with zero attached hydrogens (tertiary/aromatic N) is 1. The van der Waals surface area contributed by atoms with Crippen molar-refractivity contribution in [3.63, 3.8) is 0 Å². The normalized spacial score (nSPS) is 17.1. The molecule has 3 aromatic rings. The number of H-pyrrole nitrogens is 1. The molecule has 1 aromatic heterocycles. The number of piperidine rings is 1. The summed E-state index contributed by atoms with van der Waals surface area (Å²) in [7, 11) is 2.18. The Labute approximate surface area is 166 Å². The van der Waals surface area contributed by atoms with Crippen LogP contribution in [0.5, 0.6) is 0 Å². The van der Waals surface area contributed by atoms with Crippen LogP contribution in [0.4, 0.5) is 0 Å². The zero-order valence-corrected chi connectivity index (χ0v) is 17.0. The average Bonchev–Trinajstić information content (AvgIpc) is 3.13. The summed E-state index contributed by atoms with van der Waals surface area (Å²) in [6.07, 6.45) is 4.48. The van der Waals surface area contributed by atoms with Crippen molar-refractivity contribution < 1.29 is 4.79 Å². The standard InChI is InChI=1S/C24H29N3O/c1-15-5-4-6-19(16(15)2)24(28)23(25)18-7-8-22-20(13-18)21(14-26-22)17-9-11-27(3)12-10-17/h4-8,13-14,17,23,26H,9-12,25H2,1-3H3. The maximum absolute atomic E-state index is 13.1. The Hall–Kier alpha value is -2.43. The molecule has 146 valence electrons. The first-order valence-corrected chi connectivity index (χ1v) is 10.1. The lowest BCUT2D eigenvalue weighted by Crippen LogP contribution is -2.29. The molecule has 2 aromatic carbocycles. The van der Waals surface area contributed by atoms with Gasteiger partial charge in [0, 0.05) is 22.7 Å². The van der Waals surface area contributed by atoms with Gasteiger partial charge < -0.3 is 15.6 Å². The SMILES string of the molecule is Cc1cccc(C(=O)C(N)c2ccc3[nH]cc(C4CCN(C)CC4)c3c2)c1C. The number of hydrogen-bond acceptors (Lipinski definition) is 3. The third-order valence-corrected chi connectivity index (χ3v) is 6.41. The van der Waals surface area contributed by atoms with Gasteiger partial charge in [-0.3, -0.25) is 4.79 Å². The number of hydrogen-bond donors (Lipinski definition) is 2. The van der Waals surface area contributed by atoms with Crippen LogP contribution in [-0.2, 0) is 0 Å². The van der Waals surface area contributed by atoms with Gasteiger partial charge in [0.25, 0.3) is 0 Å². The molecule has 4 heteroatoms. The van der Waals surface area contributed by atoms with Crippen molar-refractivity contribution in [2.75, 3.05) is 20.1 Å². The van der Waals surface area contributed by atoms with Gasteiger partial charge in [0.15, 0.2) is 5.78 Å². The van der Waals surface area contributed by atoms with Crippen molar-refractivity contribution in [2.45, 2.75) is 38.6 Å². The quantitative estimate of drug-likeness (QED) is 0.661. The molecule has 1 fully saturated rings. The molecule has 0 amide bonds. The Morgan fingerprint density at radius 1 is 1.18 bits per heavy atom. The minimum Gasteiger partial charge on any atom is -0.361 e. The lowest BCUT2D eigenvalue weighted by Gasteiger charge is -2.28. The number of fused-ring (bicyclic) bond motifs is 1. The van der Waals surface area contributed by atoms with Crippen molar-refractivity contribution >= 4 is 16.7 Å². The molecule has 4 nitrogen and oxygen atoms in total. The van der Waals surface area contributed by atoms with E-state index >= 15 is 0 Å².